The zero-order valence-electron chi connectivity index (χ0n) is 13.5. The van der Waals surface area contributed by atoms with Gasteiger partial charge in [0.05, 0.1) is 6.10 Å². The summed E-state index contributed by atoms with van der Waals surface area (Å²) in [6.07, 6.45) is 11.2. The van der Waals surface area contributed by atoms with Gasteiger partial charge in [-0.15, -0.1) is 0 Å². The summed E-state index contributed by atoms with van der Waals surface area (Å²) in [6, 6.07) is 1.54. The largest absolute Gasteiger partial charge is 0.379 e. The molecule has 1 aliphatic heterocycles. The number of ether oxygens (including phenoxy) is 1. The highest BCUT2D eigenvalue weighted by Crippen LogP contribution is 2.30. The lowest BCUT2D eigenvalue weighted by Gasteiger charge is -2.36. The Labute approximate surface area is 125 Å². The van der Waals surface area contributed by atoms with Gasteiger partial charge in [-0.1, -0.05) is 12.8 Å². The van der Waals surface area contributed by atoms with Crippen LogP contribution in [0.4, 0.5) is 0 Å². The van der Waals surface area contributed by atoms with Gasteiger partial charge < -0.3 is 15.4 Å². The number of hydrogen-bond acceptors (Lipinski definition) is 3. The fourth-order valence-corrected chi connectivity index (χ4v) is 3.81. The van der Waals surface area contributed by atoms with Crippen molar-refractivity contribution < 1.29 is 4.74 Å². The summed E-state index contributed by atoms with van der Waals surface area (Å²) < 4.78 is 5.60. The van der Waals surface area contributed by atoms with Crippen LogP contribution in [0.2, 0.25) is 0 Å². The number of hydrogen-bond donors (Lipinski definition) is 2. The predicted octanol–water partition coefficient (Wildman–Crippen LogP) is 3.09. The normalized spacial score (nSPS) is 31.1. The van der Waals surface area contributed by atoms with Crippen LogP contribution in [0.25, 0.3) is 0 Å². The zero-order valence-corrected chi connectivity index (χ0v) is 13.5. The van der Waals surface area contributed by atoms with Gasteiger partial charge in [0.1, 0.15) is 0 Å². The van der Waals surface area contributed by atoms with Crippen molar-refractivity contribution in [3.05, 3.63) is 0 Å². The lowest BCUT2D eigenvalue weighted by molar-refractivity contribution is 0.0756. The molecular formula is C17H34N2O. The Balaban J connectivity index is 1.62. The van der Waals surface area contributed by atoms with Gasteiger partial charge in [0.25, 0.3) is 0 Å². The van der Waals surface area contributed by atoms with Crippen molar-refractivity contribution in [1.82, 2.24) is 10.6 Å². The first-order valence-corrected chi connectivity index (χ1v) is 8.85. The molecule has 2 N–H and O–H groups in total. The van der Waals surface area contributed by atoms with Gasteiger partial charge in [0, 0.05) is 18.7 Å². The second-order valence-corrected chi connectivity index (χ2v) is 6.84. The minimum absolute atomic E-state index is 0.374. The van der Waals surface area contributed by atoms with Crippen molar-refractivity contribution in [2.75, 3.05) is 19.7 Å². The van der Waals surface area contributed by atoms with Crippen molar-refractivity contribution in [2.24, 2.45) is 5.92 Å². The molecule has 1 saturated carbocycles. The van der Waals surface area contributed by atoms with E-state index in [0.29, 0.717) is 6.10 Å². The van der Waals surface area contributed by atoms with Crippen LogP contribution in [0.1, 0.15) is 65.2 Å². The Kier molecular flexibility index (Phi) is 7.32. The lowest BCUT2D eigenvalue weighted by Crippen LogP contribution is -2.47. The quantitative estimate of drug-likeness (QED) is 0.671. The van der Waals surface area contributed by atoms with Crippen LogP contribution in [0.3, 0.4) is 0 Å². The molecule has 1 heterocycles. The standard InChI is InChI=1S/C17H34N2O/c1-14(2)20-13-6-5-11-18-16-9-4-3-8-15(16)17-10-7-12-19-17/h14-19H,3-13H2,1-2H3. The molecule has 1 aliphatic carbocycles. The molecule has 3 unspecified atom stereocenters. The molecule has 20 heavy (non-hydrogen) atoms. The van der Waals surface area contributed by atoms with E-state index in [2.05, 4.69) is 24.5 Å². The topological polar surface area (TPSA) is 33.3 Å². The number of rotatable bonds is 8. The average molecular weight is 282 g/mol. The minimum atomic E-state index is 0.374. The molecule has 0 aromatic heterocycles. The van der Waals surface area contributed by atoms with E-state index in [1.165, 1.54) is 57.9 Å². The molecule has 2 fully saturated rings. The van der Waals surface area contributed by atoms with E-state index in [0.717, 1.165) is 31.2 Å². The first kappa shape index (κ1) is 16.3. The van der Waals surface area contributed by atoms with E-state index in [1.807, 2.05) is 0 Å². The van der Waals surface area contributed by atoms with Gasteiger partial charge >= 0.3 is 0 Å². The maximum atomic E-state index is 5.60. The highest BCUT2D eigenvalue weighted by Gasteiger charge is 2.32. The van der Waals surface area contributed by atoms with E-state index >= 15 is 0 Å². The first-order valence-electron chi connectivity index (χ1n) is 8.85. The summed E-state index contributed by atoms with van der Waals surface area (Å²) in [4.78, 5) is 0. The molecule has 3 atom stereocenters. The Hall–Kier alpha value is -0.120. The van der Waals surface area contributed by atoms with Crippen molar-refractivity contribution in [3.63, 3.8) is 0 Å². The molecule has 0 aromatic carbocycles. The first-order chi connectivity index (χ1) is 9.77. The van der Waals surface area contributed by atoms with Crippen LogP contribution in [0.5, 0.6) is 0 Å². The van der Waals surface area contributed by atoms with E-state index < -0.39 is 0 Å². The van der Waals surface area contributed by atoms with E-state index in [-0.39, 0.29) is 0 Å². The summed E-state index contributed by atoms with van der Waals surface area (Å²) >= 11 is 0. The summed E-state index contributed by atoms with van der Waals surface area (Å²) in [5, 5.41) is 7.56. The Morgan fingerprint density at radius 1 is 1.10 bits per heavy atom. The van der Waals surface area contributed by atoms with Crippen molar-refractivity contribution >= 4 is 0 Å². The third-order valence-electron chi connectivity index (χ3n) is 4.86. The van der Waals surface area contributed by atoms with Crippen LogP contribution in [0.15, 0.2) is 0 Å². The summed E-state index contributed by atoms with van der Waals surface area (Å²) in [7, 11) is 0. The van der Waals surface area contributed by atoms with Crippen LogP contribution < -0.4 is 10.6 Å². The van der Waals surface area contributed by atoms with E-state index in [9.17, 15) is 0 Å². The molecule has 0 radical (unpaired) electrons. The third kappa shape index (κ3) is 5.34. The third-order valence-corrected chi connectivity index (χ3v) is 4.86. The summed E-state index contributed by atoms with van der Waals surface area (Å²) in [5.41, 5.74) is 0. The van der Waals surface area contributed by atoms with Gasteiger partial charge in [0.2, 0.25) is 0 Å². The van der Waals surface area contributed by atoms with Crippen LogP contribution in [-0.4, -0.2) is 37.9 Å². The molecule has 1 saturated heterocycles. The lowest BCUT2D eigenvalue weighted by atomic mass is 9.79. The van der Waals surface area contributed by atoms with Crippen molar-refractivity contribution in [1.29, 1.82) is 0 Å². The fraction of sp³-hybridized carbons (Fsp3) is 1.00. The number of unbranched alkanes of at least 4 members (excludes halogenated alkanes) is 1. The Morgan fingerprint density at radius 2 is 1.95 bits per heavy atom. The Morgan fingerprint density at radius 3 is 2.70 bits per heavy atom. The Bertz CT molecular complexity index is 251. The molecule has 0 bridgehead atoms. The molecule has 0 spiro atoms. The molecule has 0 aromatic rings. The molecule has 3 nitrogen and oxygen atoms in total. The van der Waals surface area contributed by atoms with Gasteiger partial charge in [0.15, 0.2) is 0 Å². The summed E-state index contributed by atoms with van der Waals surface area (Å²) in [5.74, 6) is 0.873. The highest BCUT2D eigenvalue weighted by atomic mass is 16.5. The second-order valence-electron chi connectivity index (χ2n) is 6.84. The number of nitrogens with one attached hydrogen (secondary N) is 2. The highest BCUT2D eigenvalue weighted by molar-refractivity contribution is 4.91. The maximum absolute atomic E-state index is 5.60. The van der Waals surface area contributed by atoms with Gasteiger partial charge in [-0.05, 0) is 71.4 Å². The smallest absolute Gasteiger partial charge is 0.0518 e. The molecule has 2 aliphatic rings. The minimum Gasteiger partial charge on any atom is -0.379 e. The second kappa shape index (κ2) is 9.01. The molecule has 2 rings (SSSR count). The molecule has 3 heteroatoms. The average Bonchev–Trinajstić information content (AvgIpc) is 2.97. The van der Waals surface area contributed by atoms with Crippen LogP contribution in [0, 0.1) is 5.92 Å². The van der Waals surface area contributed by atoms with E-state index in [1.54, 1.807) is 0 Å². The zero-order chi connectivity index (χ0) is 14.2. The van der Waals surface area contributed by atoms with Gasteiger partial charge in [-0.25, -0.2) is 0 Å². The van der Waals surface area contributed by atoms with Gasteiger partial charge in [-0.2, -0.15) is 0 Å². The molecule has 0 amide bonds. The maximum Gasteiger partial charge on any atom is 0.0518 e. The monoisotopic (exact) mass is 282 g/mol. The SMILES string of the molecule is CC(C)OCCCCNC1CCCCC1C1CCCN1. The van der Waals surface area contributed by atoms with Crippen LogP contribution >= 0.6 is 0 Å². The van der Waals surface area contributed by atoms with Crippen molar-refractivity contribution in [2.45, 2.75) is 83.4 Å². The van der Waals surface area contributed by atoms with Crippen molar-refractivity contribution in [3.8, 4) is 0 Å². The fourth-order valence-electron chi connectivity index (χ4n) is 3.81. The molecule has 118 valence electrons. The summed E-state index contributed by atoms with van der Waals surface area (Å²) in [6.45, 7) is 7.53. The van der Waals surface area contributed by atoms with Gasteiger partial charge in [-0.3, -0.25) is 0 Å². The predicted molar refractivity (Wildman–Crippen MR) is 85.1 cm³/mol. The molecular weight excluding hydrogens is 248 g/mol. The van der Waals surface area contributed by atoms with Crippen LogP contribution in [-0.2, 0) is 4.74 Å². The van der Waals surface area contributed by atoms with E-state index in [4.69, 9.17) is 4.74 Å².